The number of benzene rings is 1. The fraction of sp³-hybridized carbons (Fsp3) is 0.250. The van der Waals surface area contributed by atoms with Gasteiger partial charge in [-0.1, -0.05) is 12.1 Å². The average Bonchev–Trinajstić information content (AvgIpc) is 2.54. The quantitative estimate of drug-likeness (QED) is 0.367. The summed E-state index contributed by atoms with van der Waals surface area (Å²) < 4.78 is 27.5. The first-order chi connectivity index (χ1) is 11.8. The van der Waals surface area contributed by atoms with Gasteiger partial charge in [0, 0.05) is 24.1 Å². The number of hydrogen-bond donors (Lipinski definition) is 4. The van der Waals surface area contributed by atoms with Gasteiger partial charge in [0.15, 0.2) is 0 Å². The van der Waals surface area contributed by atoms with Crippen molar-refractivity contribution in [3.05, 3.63) is 48.3 Å². The molecule has 1 aromatic carbocycles. The molecule has 0 unspecified atom stereocenters. The molecule has 2 aromatic rings. The Morgan fingerprint density at radius 2 is 2.04 bits per heavy atom. The van der Waals surface area contributed by atoms with E-state index in [9.17, 15) is 8.42 Å². The topological polar surface area (TPSA) is 116 Å². The third-order valence-electron chi connectivity index (χ3n) is 3.10. The van der Waals surface area contributed by atoms with E-state index in [0.29, 0.717) is 5.69 Å². The molecule has 0 saturated heterocycles. The van der Waals surface area contributed by atoms with E-state index in [4.69, 9.17) is 5.21 Å². The van der Waals surface area contributed by atoms with E-state index in [2.05, 4.69) is 20.0 Å². The van der Waals surface area contributed by atoms with Gasteiger partial charge < -0.3 is 5.32 Å². The highest BCUT2D eigenvalue weighted by Gasteiger charge is 2.21. The maximum Gasteiger partial charge on any atom is 0.267 e. The number of aliphatic imine (C=N–C) groups is 1. The minimum absolute atomic E-state index is 0.0665. The molecule has 0 spiro atoms. The Bertz CT molecular complexity index is 866. The van der Waals surface area contributed by atoms with Gasteiger partial charge >= 0.3 is 0 Å². The number of aromatic nitrogens is 1. The zero-order valence-electron chi connectivity index (χ0n) is 14.2. The number of rotatable bonds is 5. The van der Waals surface area contributed by atoms with Crippen molar-refractivity contribution in [2.75, 3.05) is 5.32 Å². The number of aryl methyl sites for hydroxylation is 1. The van der Waals surface area contributed by atoms with Gasteiger partial charge in [-0.2, -0.15) is 0 Å². The lowest BCUT2D eigenvalue weighted by Gasteiger charge is -2.14. The van der Waals surface area contributed by atoms with E-state index in [-0.39, 0.29) is 16.9 Å². The highest BCUT2D eigenvalue weighted by atomic mass is 32.2. The van der Waals surface area contributed by atoms with Gasteiger partial charge in [0.2, 0.25) is 5.96 Å². The summed E-state index contributed by atoms with van der Waals surface area (Å²) in [4.78, 5) is 7.77. The van der Waals surface area contributed by atoms with Gasteiger partial charge in [0.25, 0.3) is 10.0 Å². The molecule has 0 radical (unpaired) electrons. The second-order valence-corrected chi connectivity index (χ2v) is 7.31. The van der Waals surface area contributed by atoms with Crippen LogP contribution in [0.3, 0.4) is 0 Å². The minimum Gasteiger partial charge on any atom is -0.354 e. The van der Waals surface area contributed by atoms with Crippen LogP contribution >= 0.6 is 0 Å². The van der Waals surface area contributed by atoms with Crippen LogP contribution in [0, 0.1) is 6.92 Å². The highest BCUT2D eigenvalue weighted by molar-refractivity contribution is 7.90. The van der Waals surface area contributed by atoms with Crippen LogP contribution in [0.5, 0.6) is 0 Å². The van der Waals surface area contributed by atoms with Crippen molar-refractivity contribution >= 4 is 27.4 Å². The summed E-state index contributed by atoms with van der Waals surface area (Å²) in [7, 11) is -4.01. The van der Waals surface area contributed by atoms with Crippen LogP contribution in [0.25, 0.3) is 0 Å². The fourth-order valence-corrected chi connectivity index (χ4v) is 3.17. The molecule has 0 fully saturated rings. The molecule has 25 heavy (non-hydrogen) atoms. The number of nitrogens with one attached hydrogen (secondary N) is 3. The van der Waals surface area contributed by atoms with Crippen molar-refractivity contribution in [1.29, 1.82) is 0 Å². The predicted molar refractivity (Wildman–Crippen MR) is 96.5 cm³/mol. The predicted octanol–water partition coefficient (Wildman–Crippen LogP) is 2.16. The van der Waals surface area contributed by atoms with E-state index in [1.807, 2.05) is 31.2 Å². The van der Waals surface area contributed by atoms with Crippen molar-refractivity contribution in [1.82, 2.24) is 15.2 Å². The van der Waals surface area contributed by atoms with Crippen molar-refractivity contribution < 1.29 is 13.6 Å². The van der Waals surface area contributed by atoms with Gasteiger partial charge in [-0.05, 0) is 44.5 Å². The molecule has 134 valence electrons. The molecule has 0 bridgehead atoms. The molecule has 2 rings (SSSR count). The molecule has 1 aromatic heterocycles. The number of hydrogen-bond acceptors (Lipinski definition) is 6. The number of anilines is 2. The first-order valence-electron chi connectivity index (χ1n) is 7.60. The summed E-state index contributed by atoms with van der Waals surface area (Å²) in [6.45, 7) is 5.44. The standard InChI is InChI=1S/C16H21N5O3S/c1-11(2)18-16(20-22)21-25(23,24)15-10-17-8-7-14(15)19-13-6-4-5-12(3)9-13/h4-11,22H,1-3H3,(H,17,19)(H2,18,20,21). The monoisotopic (exact) mass is 363 g/mol. The van der Waals surface area contributed by atoms with Gasteiger partial charge in [0.1, 0.15) is 4.90 Å². The Kier molecular flexibility index (Phi) is 5.94. The molecular weight excluding hydrogens is 342 g/mol. The Hall–Kier alpha value is -2.65. The lowest BCUT2D eigenvalue weighted by molar-refractivity contribution is 0.231. The first-order valence-corrected chi connectivity index (χ1v) is 9.08. The lowest BCUT2D eigenvalue weighted by atomic mass is 10.2. The van der Waals surface area contributed by atoms with Gasteiger partial charge in [-0.25, -0.2) is 23.6 Å². The molecule has 1 heterocycles. The summed E-state index contributed by atoms with van der Waals surface area (Å²) >= 11 is 0. The summed E-state index contributed by atoms with van der Waals surface area (Å²) in [5.41, 5.74) is 3.90. The van der Waals surface area contributed by atoms with E-state index in [0.717, 1.165) is 11.3 Å². The SMILES string of the molecule is Cc1cccc(Nc2ccncc2S(=O)(=O)NC(=NC(C)C)NO)c1. The molecule has 9 heteroatoms. The molecule has 0 atom stereocenters. The summed E-state index contributed by atoms with van der Waals surface area (Å²) in [6.07, 6.45) is 2.72. The summed E-state index contributed by atoms with van der Waals surface area (Å²) in [5.74, 6) is -0.264. The molecule has 0 saturated carbocycles. The zero-order valence-corrected chi connectivity index (χ0v) is 15.0. The van der Waals surface area contributed by atoms with Crippen LogP contribution in [0.15, 0.2) is 52.6 Å². The van der Waals surface area contributed by atoms with Crippen molar-refractivity contribution in [2.45, 2.75) is 31.7 Å². The molecule has 0 aliphatic rings. The Balaban J connectivity index is 2.35. The van der Waals surface area contributed by atoms with Crippen LogP contribution in [0.2, 0.25) is 0 Å². The van der Waals surface area contributed by atoms with Gasteiger partial charge in [-0.15, -0.1) is 0 Å². The average molecular weight is 363 g/mol. The van der Waals surface area contributed by atoms with Gasteiger partial charge in [0.05, 0.1) is 5.69 Å². The van der Waals surface area contributed by atoms with E-state index in [1.165, 1.54) is 12.4 Å². The van der Waals surface area contributed by atoms with Crippen molar-refractivity contribution in [2.24, 2.45) is 4.99 Å². The third-order valence-corrected chi connectivity index (χ3v) is 4.46. The molecule has 0 aliphatic heterocycles. The highest BCUT2D eigenvalue weighted by Crippen LogP contribution is 2.24. The van der Waals surface area contributed by atoms with E-state index >= 15 is 0 Å². The summed E-state index contributed by atoms with van der Waals surface area (Å²) in [5, 5.41) is 12.2. The van der Waals surface area contributed by atoms with E-state index in [1.54, 1.807) is 25.4 Å². The summed E-state index contributed by atoms with van der Waals surface area (Å²) in [6, 6.07) is 8.88. The Morgan fingerprint density at radius 3 is 2.68 bits per heavy atom. The molecular formula is C16H21N5O3S. The van der Waals surface area contributed by atoms with Crippen molar-refractivity contribution in [3.8, 4) is 0 Å². The number of guanidine groups is 1. The lowest BCUT2D eigenvalue weighted by Crippen LogP contribution is -2.40. The Labute approximate surface area is 147 Å². The fourth-order valence-electron chi connectivity index (χ4n) is 2.09. The third kappa shape index (κ3) is 5.16. The number of pyridine rings is 1. The normalized spacial score (nSPS) is 12.1. The maximum absolute atomic E-state index is 12.6. The van der Waals surface area contributed by atoms with Crippen LogP contribution < -0.4 is 15.5 Å². The molecule has 8 nitrogen and oxygen atoms in total. The second-order valence-electron chi connectivity index (χ2n) is 5.66. The second kappa shape index (κ2) is 7.95. The molecule has 0 aliphatic carbocycles. The van der Waals surface area contributed by atoms with Gasteiger partial charge in [-0.3, -0.25) is 10.2 Å². The number of nitrogens with zero attached hydrogens (tertiary/aromatic N) is 2. The van der Waals surface area contributed by atoms with Crippen LogP contribution in [-0.2, 0) is 10.0 Å². The smallest absolute Gasteiger partial charge is 0.267 e. The van der Waals surface area contributed by atoms with Crippen LogP contribution in [0.1, 0.15) is 19.4 Å². The van der Waals surface area contributed by atoms with Crippen LogP contribution in [-0.4, -0.2) is 30.6 Å². The first kappa shape index (κ1) is 18.7. The minimum atomic E-state index is -4.01. The molecule has 0 amide bonds. The van der Waals surface area contributed by atoms with E-state index < -0.39 is 10.0 Å². The number of hydroxylamine groups is 1. The maximum atomic E-state index is 12.6. The molecule has 4 N–H and O–H groups in total. The number of sulfonamides is 1. The largest absolute Gasteiger partial charge is 0.354 e. The zero-order chi connectivity index (χ0) is 18.4. The van der Waals surface area contributed by atoms with Crippen molar-refractivity contribution in [3.63, 3.8) is 0 Å². The van der Waals surface area contributed by atoms with Crippen LogP contribution in [0.4, 0.5) is 11.4 Å². The Morgan fingerprint density at radius 1 is 1.28 bits per heavy atom.